The summed E-state index contributed by atoms with van der Waals surface area (Å²) in [6, 6.07) is 20.4. The Hall–Kier alpha value is -2.95. The Balaban J connectivity index is 1.45. The summed E-state index contributed by atoms with van der Waals surface area (Å²) in [6.07, 6.45) is 6.15. The Kier molecular flexibility index (Phi) is 5.80. The summed E-state index contributed by atoms with van der Waals surface area (Å²) >= 11 is 0. The number of carbonyl (C=O) groups excluding carboxylic acids is 1. The number of benzene rings is 2. The van der Waals surface area contributed by atoms with Gasteiger partial charge in [-0.3, -0.25) is 10.1 Å². The van der Waals surface area contributed by atoms with E-state index in [0.29, 0.717) is 18.2 Å². The van der Waals surface area contributed by atoms with Crippen molar-refractivity contribution in [2.45, 2.75) is 50.4 Å². The van der Waals surface area contributed by atoms with Crippen LogP contribution in [0.1, 0.15) is 67.4 Å². The lowest BCUT2D eigenvalue weighted by Crippen LogP contribution is -2.16. The van der Waals surface area contributed by atoms with E-state index < -0.39 is 0 Å². The average Bonchev–Trinajstić information content (AvgIpc) is 3.22. The molecule has 1 aromatic heterocycles. The number of rotatable bonds is 6. The van der Waals surface area contributed by atoms with Crippen LogP contribution < -0.4 is 5.32 Å². The van der Waals surface area contributed by atoms with Crippen molar-refractivity contribution in [3.63, 3.8) is 0 Å². The number of anilines is 1. The minimum Gasteiger partial charge on any atom is -0.408 e. The van der Waals surface area contributed by atoms with Crippen LogP contribution in [0, 0.1) is 0 Å². The van der Waals surface area contributed by atoms with Gasteiger partial charge in [-0.15, -0.1) is 5.10 Å². The van der Waals surface area contributed by atoms with E-state index in [9.17, 15) is 4.79 Å². The van der Waals surface area contributed by atoms with Crippen LogP contribution in [0.15, 0.2) is 65.1 Å². The quantitative estimate of drug-likeness (QED) is 0.636. The van der Waals surface area contributed by atoms with Crippen molar-refractivity contribution in [3.8, 4) is 0 Å². The molecule has 0 atom stereocenters. The molecule has 1 aliphatic rings. The van der Waals surface area contributed by atoms with E-state index in [1.807, 2.05) is 36.4 Å². The minimum absolute atomic E-state index is 0.0249. The number of hydrogen-bond acceptors (Lipinski definition) is 4. The van der Waals surface area contributed by atoms with Gasteiger partial charge in [-0.05, 0) is 24.0 Å². The summed E-state index contributed by atoms with van der Waals surface area (Å²) in [5, 5.41) is 11.0. The van der Waals surface area contributed by atoms with Gasteiger partial charge in [0.1, 0.15) is 0 Å². The first-order valence-electron chi connectivity index (χ1n) is 10.0. The third-order valence-corrected chi connectivity index (χ3v) is 5.43. The van der Waals surface area contributed by atoms with E-state index in [1.54, 1.807) is 0 Å². The maximum Gasteiger partial charge on any atom is 0.322 e. The lowest BCUT2D eigenvalue weighted by Gasteiger charge is -2.18. The van der Waals surface area contributed by atoms with E-state index in [2.05, 4.69) is 39.8 Å². The van der Waals surface area contributed by atoms with Crippen LogP contribution in [0.3, 0.4) is 0 Å². The monoisotopic (exact) mass is 375 g/mol. The fourth-order valence-corrected chi connectivity index (χ4v) is 3.95. The zero-order valence-corrected chi connectivity index (χ0v) is 15.9. The first-order valence-corrected chi connectivity index (χ1v) is 10.0. The topological polar surface area (TPSA) is 68.0 Å². The van der Waals surface area contributed by atoms with Gasteiger partial charge < -0.3 is 4.42 Å². The van der Waals surface area contributed by atoms with Crippen molar-refractivity contribution in [2.24, 2.45) is 0 Å². The van der Waals surface area contributed by atoms with Crippen molar-refractivity contribution in [1.29, 1.82) is 0 Å². The summed E-state index contributed by atoms with van der Waals surface area (Å²) in [5.41, 5.74) is 2.22. The molecule has 1 fully saturated rings. The van der Waals surface area contributed by atoms with Crippen molar-refractivity contribution < 1.29 is 9.21 Å². The normalized spacial score (nSPS) is 14.9. The van der Waals surface area contributed by atoms with E-state index in [0.717, 1.165) is 24.0 Å². The molecule has 0 bridgehead atoms. The maximum absolute atomic E-state index is 12.7. The SMILES string of the molecule is O=C(CC(c1ccccc1)c1ccccc1)Nc1nnc(C2CCCCC2)o1. The van der Waals surface area contributed by atoms with Gasteiger partial charge in [0.05, 0.1) is 0 Å². The van der Waals surface area contributed by atoms with Gasteiger partial charge in [-0.2, -0.15) is 0 Å². The predicted molar refractivity (Wildman–Crippen MR) is 108 cm³/mol. The molecular weight excluding hydrogens is 350 g/mol. The molecular formula is C23H25N3O2. The lowest BCUT2D eigenvalue weighted by atomic mass is 9.88. The first-order chi connectivity index (χ1) is 13.8. The number of carbonyl (C=O) groups is 1. The Morgan fingerprint density at radius 2 is 1.54 bits per heavy atom. The molecule has 0 radical (unpaired) electrons. The molecule has 1 saturated carbocycles. The Morgan fingerprint density at radius 1 is 0.929 bits per heavy atom. The molecule has 4 rings (SSSR count). The highest BCUT2D eigenvalue weighted by atomic mass is 16.4. The number of nitrogens with zero attached hydrogens (tertiary/aromatic N) is 2. The molecule has 5 heteroatoms. The molecule has 144 valence electrons. The van der Waals surface area contributed by atoms with Crippen LogP contribution in [0.25, 0.3) is 0 Å². The maximum atomic E-state index is 12.7. The second kappa shape index (κ2) is 8.83. The van der Waals surface area contributed by atoms with Crippen molar-refractivity contribution >= 4 is 11.9 Å². The summed E-state index contributed by atoms with van der Waals surface area (Å²) < 4.78 is 5.73. The summed E-state index contributed by atoms with van der Waals surface area (Å²) in [5.74, 6) is 0.825. The third kappa shape index (κ3) is 4.47. The molecule has 1 amide bonds. The van der Waals surface area contributed by atoms with Crippen LogP contribution in [-0.4, -0.2) is 16.1 Å². The molecule has 1 heterocycles. The van der Waals surface area contributed by atoms with Crippen molar-refractivity contribution in [3.05, 3.63) is 77.7 Å². The van der Waals surface area contributed by atoms with Gasteiger partial charge in [0.15, 0.2) is 0 Å². The zero-order valence-electron chi connectivity index (χ0n) is 15.9. The molecule has 0 spiro atoms. The predicted octanol–water partition coefficient (Wildman–Crippen LogP) is 5.28. The first kappa shape index (κ1) is 18.4. The van der Waals surface area contributed by atoms with Crippen LogP contribution >= 0.6 is 0 Å². The van der Waals surface area contributed by atoms with Crippen LogP contribution in [-0.2, 0) is 4.79 Å². The number of amides is 1. The molecule has 28 heavy (non-hydrogen) atoms. The standard InChI is InChI=1S/C23H25N3O2/c27-21(24-23-26-25-22(28-23)19-14-8-3-9-15-19)16-20(17-10-4-1-5-11-17)18-12-6-2-7-13-18/h1-2,4-7,10-13,19-20H,3,8-9,14-16H2,(H,24,26,27). The fraction of sp³-hybridized carbons (Fsp3) is 0.348. The van der Waals surface area contributed by atoms with Crippen LogP contribution in [0.4, 0.5) is 6.01 Å². The number of nitrogens with one attached hydrogen (secondary N) is 1. The molecule has 2 aromatic carbocycles. The molecule has 1 N–H and O–H groups in total. The summed E-state index contributed by atoms with van der Waals surface area (Å²) in [4.78, 5) is 12.7. The highest BCUT2D eigenvalue weighted by Crippen LogP contribution is 2.32. The minimum atomic E-state index is -0.128. The van der Waals surface area contributed by atoms with Gasteiger partial charge in [0.25, 0.3) is 0 Å². The second-order valence-corrected chi connectivity index (χ2v) is 7.41. The van der Waals surface area contributed by atoms with Gasteiger partial charge in [0.2, 0.25) is 11.8 Å². The molecule has 0 saturated heterocycles. The molecule has 0 unspecified atom stereocenters. The van der Waals surface area contributed by atoms with E-state index in [4.69, 9.17) is 4.42 Å². The van der Waals surface area contributed by atoms with Crippen molar-refractivity contribution in [2.75, 3.05) is 5.32 Å². The Bertz CT molecular complexity index is 847. The second-order valence-electron chi connectivity index (χ2n) is 7.41. The highest BCUT2D eigenvalue weighted by Gasteiger charge is 2.23. The highest BCUT2D eigenvalue weighted by molar-refractivity contribution is 5.89. The van der Waals surface area contributed by atoms with E-state index in [-0.39, 0.29) is 17.8 Å². The van der Waals surface area contributed by atoms with E-state index >= 15 is 0 Å². The molecule has 3 aromatic rings. The zero-order chi connectivity index (χ0) is 19.2. The fourth-order valence-electron chi connectivity index (χ4n) is 3.95. The summed E-state index contributed by atoms with van der Waals surface area (Å²) in [7, 11) is 0. The van der Waals surface area contributed by atoms with Gasteiger partial charge >= 0.3 is 6.01 Å². The smallest absolute Gasteiger partial charge is 0.322 e. The summed E-state index contributed by atoms with van der Waals surface area (Å²) in [6.45, 7) is 0. The van der Waals surface area contributed by atoms with Gasteiger partial charge in [-0.1, -0.05) is 85.0 Å². The molecule has 0 aliphatic heterocycles. The van der Waals surface area contributed by atoms with Gasteiger partial charge in [0, 0.05) is 18.3 Å². The molecule has 5 nitrogen and oxygen atoms in total. The third-order valence-electron chi connectivity index (χ3n) is 5.43. The average molecular weight is 375 g/mol. The van der Waals surface area contributed by atoms with E-state index in [1.165, 1.54) is 19.3 Å². The lowest BCUT2D eigenvalue weighted by molar-refractivity contribution is -0.116. The Morgan fingerprint density at radius 3 is 2.14 bits per heavy atom. The van der Waals surface area contributed by atoms with Crippen molar-refractivity contribution in [1.82, 2.24) is 10.2 Å². The number of aromatic nitrogens is 2. The Labute approximate surface area is 165 Å². The largest absolute Gasteiger partial charge is 0.408 e. The van der Waals surface area contributed by atoms with Crippen LogP contribution in [0.2, 0.25) is 0 Å². The van der Waals surface area contributed by atoms with Gasteiger partial charge in [-0.25, -0.2) is 0 Å². The molecule has 1 aliphatic carbocycles. The number of hydrogen-bond donors (Lipinski definition) is 1. The van der Waals surface area contributed by atoms with Crippen LogP contribution in [0.5, 0.6) is 0 Å².